The number of aromatic nitrogens is 1. The maximum Gasteiger partial charge on any atom is 0.244 e. The molecule has 25 heavy (non-hydrogen) atoms. The fraction of sp³-hybridized carbons (Fsp3) is 0.222. The first kappa shape index (κ1) is 17.4. The van der Waals surface area contributed by atoms with Crippen LogP contribution in [0.1, 0.15) is 12.5 Å². The molecule has 130 valence electrons. The van der Waals surface area contributed by atoms with Gasteiger partial charge in [0.2, 0.25) is 5.91 Å². The number of carbonyl (C=O) groups excluding carboxylic acids is 1. The van der Waals surface area contributed by atoms with Crippen molar-refractivity contribution in [3.63, 3.8) is 0 Å². The molecular formula is C18H17F2N3OS. The van der Waals surface area contributed by atoms with Gasteiger partial charge in [-0.2, -0.15) is 0 Å². The fourth-order valence-electron chi connectivity index (χ4n) is 2.75. The van der Waals surface area contributed by atoms with E-state index in [1.54, 1.807) is 10.4 Å². The van der Waals surface area contributed by atoms with E-state index in [-0.39, 0.29) is 12.3 Å². The van der Waals surface area contributed by atoms with Crippen molar-refractivity contribution in [1.82, 2.24) is 4.98 Å². The van der Waals surface area contributed by atoms with E-state index in [1.165, 1.54) is 23.5 Å². The number of hydrogen-bond donors (Lipinski definition) is 1. The van der Waals surface area contributed by atoms with Crippen LogP contribution in [0.4, 0.5) is 14.5 Å². The highest BCUT2D eigenvalue weighted by Crippen LogP contribution is 2.24. The first-order chi connectivity index (χ1) is 12.0. The van der Waals surface area contributed by atoms with Gasteiger partial charge in [0.25, 0.3) is 0 Å². The van der Waals surface area contributed by atoms with Gasteiger partial charge in [-0.3, -0.25) is 4.79 Å². The molecule has 0 aliphatic heterocycles. The number of thiazole rings is 1. The number of nitrogens with zero attached hydrogens (tertiary/aromatic N) is 2. The molecule has 2 N–H and O–H groups in total. The lowest BCUT2D eigenvalue weighted by Crippen LogP contribution is -2.45. The second-order valence-corrected chi connectivity index (χ2v) is 6.56. The van der Waals surface area contributed by atoms with Crippen LogP contribution in [0.25, 0.3) is 10.2 Å². The van der Waals surface area contributed by atoms with Crippen LogP contribution >= 0.6 is 11.3 Å². The third-order valence-corrected chi connectivity index (χ3v) is 4.71. The molecule has 4 nitrogen and oxygen atoms in total. The molecule has 3 aromatic rings. The van der Waals surface area contributed by atoms with E-state index in [0.717, 1.165) is 16.3 Å². The summed E-state index contributed by atoms with van der Waals surface area (Å²) in [6, 6.07) is 7.86. The van der Waals surface area contributed by atoms with Crippen LogP contribution in [0, 0.1) is 11.6 Å². The Bertz CT molecular complexity index is 892. The molecule has 0 spiro atoms. The highest BCUT2D eigenvalue weighted by molar-refractivity contribution is 7.16. The van der Waals surface area contributed by atoms with Gasteiger partial charge in [0, 0.05) is 18.3 Å². The molecule has 0 saturated heterocycles. The average molecular weight is 361 g/mol. The largest absolute Gasteiger partial charge is 0.320 e. The van der Waals surface area contributed by atoms with Crippen molar-refractivity contribution in [3.05, 3.63) is 59.1 Å². The zero-order valence-electron chi connectivity index (χ0n) is 13.6. The monoisotopic (exact) mass is 361 g/mol. The van der Waals surface area contributed by atoms with Crippen LogP contribution in [-0.4, -0.2) is 23.5 Å². The van der Waals surface area contributed by atoms with E-state index in [4.69, 9.17) is 5.73 Å². The lowest BCUT2D eigenvalue weighted by molar-refractivity contribution is -0.119. The molecule has 1 atom stereocenters. The van der Waals surface area contributed by atoms with Gasteiger partial charge in [-0.1, -0.05) is 0 Å². The predicted octanol–water partition coefficient (Wildman–Crippen LogP) is 3.50. The number of benzene rings is 2. The molecule has 0 bridgehead atoms. The number of nitrogens with two attached hydrogens (primary N) is 1. The fourth-order valence-corrected chi connectivity index (χ4v) is 3.41. The Morgan fingerprint density at radius 1 is 1.24 bits per heavy atom. The Hall–Kier alpha value is -2.38. The molecule has 7 heteroatoms. The molecular weight excluding hydrogens is 344 g/mol. The van der Waals surface area contributed by atoms with E-state index in [1.807, 2.05) is 25.1 Å². The summed E-state index contributed by atoms with van der Waals surface area (Å²) in [5.74, 6) is -1.67. The molecule has 1 amide bonds. The first-order valence-electron chi connectivity index (χ1n) is 7.83. The summed E-state index contributed by atoms with van der Waals surface area (Å²) < 4.78 is 27.6. The van der Waals surface area contributed by atoms with E-state index in [0.29, 0.717) is 17.8 Å². The van der Waals surface area contributed by atoms with Crippen LogP contribution in [0.15, 0.2) is 41.9 Å². The number of amides is 1. The summed E-state index contributed by atoms with van der Waals surface area (Å²) in [4.78, 5) is 18.5. The number of likely N-dealkylation sites (N-methyl/N-ethyl adjacent to an activating group) is 1. The number of hydrogen-bond acceptors (Lipinski definition) is 4. The Morgan fingerprint density at radius 2 is 1.96 bits per heavy atom. The summed E-state index contributed by atoms with van der Waals surface area (Å²) in [5, 5.41) is 0. The van der Waals surface area contributed by atoms with Gasteiger partial charge in [0.05, 0.1) is 21.8 Å². The Balaban J connectivity index is 1.80. The summed E-state index contributed by atoms with van der Waals surface area (Å²) in [6.07, 6.45) is 0.0585. The minimum Gasteiger partial charge on any atom is -0.320 e. The van der Waals surface area contributed by atoms with Crippen molar-refractivity contribution in [2.24, 2.45) is 5.73 Å². The summed E-state index contributed by atoms with van der Waals surface area (Å²) >= 11 is 1.52. The zero-order valence-corrected chi connectivity index (χ0v) is 14.4. The van der Waals surface area contributed by atoms with E-state index in [2.05, 4.69) is 4.98 Å². The quantitative estimate of drug-likeness (QED) is 0.757. The third-order valence-electron chi connectivity index (χ3n) is 3.90. The van der Waals surface area contributed by atoms with Crippen molar-refractivity contribution in [2.75, 3.05) is 11.4 Å². The van der Waals surface area contributed by atoms with Crippen molar-refractivity contribution in [3.8, 4) is 0 Å². The molecule has 1 heterocycles. The van der Waals surface area contributed by atoms with Crippen molar-refractivity contribution < 1.29 is 13.6 Å². The number of halogens is 2. The van der Waals surface area contributed by atoms with E-state index >= 15 is 0 Å². The van der Waals surface area contributed by atoms with Crippen LogP contribution in [0.3, 0.4) is 0 Å². The number of rotatable bonds is 5. The lowest BCUT2D eigenvalue weighted by Gasteiger charge is -2.24. The SMILES string of the molecule is CCN(C(=O)[C@@H](N)Cc1cc(F)cc(F)c1)c1ccc2scnc2c1. The van der Waals surface area contributed by atoms with Crippen LogP contribution in [0.5, 0.6) is 0 Å². The number of carbonyl (C=O) groups is 1. The second kappa shape index (κ2) is 7.25. The molecule has 0 aliphatic carbocycles. The zero-order chi connectivity index (χ0) is 18.0. The standard InChI is InChI=1S/C18H17F2N3OS/c1-2-23(14-3-4-17-16(9-14)22-10-25-17)18(24)15(21)7-11-5-12(19)8-13(20)6-11/h3-6,8-10,15H,2,7,21H2,1H3/t15-/m0/s1. The number of anilines is 1. The van der Waals surface area contributed by atoms with Gasteiger partial charge in [0.1, 0.15) is 11.6 Å². The summed E-state index contributed by atoms with van der Waals surface area (Å²) in [6.45, 7) is 2.28. The van der Waals surface area contributed by atoms with Crippen molar-refractivity contribution in [2.45, 2.75) is 19.4 Å². The van der Waals surface area contributed by atoms with Gasteiger partial charge in [-0.05, 0) is 49.2 Å². The molecule has 0 aliphatic rings. The van der Waals surface area contributed by atoms with Crippen LogP contribution < -0.4 is 10.6 Å². The molecule has 3 rings (SSSR count). The van der Waals surface area contributed by atoms with Crippen LogP contribution in [-0.2, 0) is 11.2 Å². The molecule has 0 saturated carbocycles. The number of fused-ring (bicyclic) bond motifs is 1. The molecule has 0 unspecified atom stereocenters. The molecule has 2 aromatic carbocycles. The van der Waals surface area contributed by atoms with E-state index in [9.17, 15) is 13.6 Å². The summed E-state index contributed by atoms with van der Waals surface area (Å²) in [5.41, 5.74) is 9.62. The minimum atomic E-state index is -0.896. The lowest BCUT2D eigenvalue weighted by atomic mass is 10.0. The third kappa shape index (κ3) is 3.83. The molecule has 1 aromatic heterocycles. The van der Waals surface area contributed by atoms with Crippen molar-refractivity contribution >= 4 is 33.1 Å². The van der Waals surface area contributed by atoms with Gasteiger partial charge < -0.3 is 10.6 Å². The summed E-state index contributed by atoms with van der Waals surface area (Å²) in [7, 11) is 0. The molecule has 0 radical (unpaired) electrons. The highest BCUT2D eigenvalue weighted by atomic mass is 32.1. The van der Waals surface area contributed by atoms with Crippen LogP contribution in [0.2, 0.25) is 0 Å². The average Bonchev–Trinajstić information content (AvgIpc) is 3.02. The normalized spacial score (nSPS) is 12.3. The van der Waals surface area contributed by atoms with Gasteiger partial charge in [-0.15, -0.1) is 11.3 Å². The molecule has 0 fully saturated rings. The maximum atomic E-state index is 13.3. The van der Waals surface area contributed by atoms with Gasteiger partial charge >= 0.3 is 0 Å². The smallest absolute Gasteiger partial charge is 0.244 e. The first-order valence-corrected chi connectivity index (χ1v) is 8.71. The van der Waals surface area contributed by atoms with E-state index < -0.39 is 17.7 Å². The van der Waals surface area contributed by atoms with Gasteiger partial charge in [-0.25, -0.2) is 13.8 Å². The van der Waals surface area contributed by atoms with Crippen molar-refractivity contribution in [1.29, 1.82) is 0 Å². The predicted molar refractivity (Wildman–Crippen MR) is 95.7 cm³/mol. The van der Waals surface area contributed by atoms with Gasteiger partial charge in [0.15, 0.2) is 0 Å². The Kier molecular flexibility index (Phi) is 5.06. The minimum absolute atomic E-state index is 0.0585. The second-order valence-electron chi connectivity index (χ2n) is 5.68. The topological polar surface area (TPSA) is 59.2 Å². The Morgan fingerprint density at radius 3 is 2.64 bits per heavy atom. The maximum absolute atomic E-state index is 13.3. The highest BCUT2D eigenvalue weighted by Gasteiger charge is 2.22. The Labute approximate surface area is 147 Å².